The summed E-state index contributed by atoms with van der Waals surface area (Å²) in [4.78, 5) is 11.8. The highest BCUT2D eigenvalue weighted by Crippen LogP contribution is 2.36. The van der Waals surface area contributed by atoms with Crippen LogP contribution in [-0.4, -0.2) is 46.0 Å². The van der Waals surface area contributed by atoms with E-state index in [1.807, 2.05) is 23.1 Å². The summed E-state index contributed by atoms with van der Waals surface area (Å²) in [7, 11) is 1.69. The summed E-state index contributed by atoms with van der Waals surface area (Å²) in [6.07, 6.45) is 8.26. The number of aromatic nitrogens is 4. The number of nitrogens with two attached hydrogens (primary N) is 1. The van der Waals surface area contributed by atoms with Crippen molar-refractivity contribution in [3.05, 3.63) is 36.0 Å². The van der Waals surface area contributed by atoms with Crippen LogP contribution >= 0.6 is 0 Å². The molecule has 2 aromatic heterocycles. The third kappa shape index (κ3) is 3.88. The fraction of sp³-hybridized carbons (Fsp3) is 0.632. The van der Waals surface area contributed by atoms with Gasteiger partial charge in [0.2, 0.25) is 0 Å². The average molecular weight is 356 g/mol. The summed E-state index contributed by atoms with van der Waals surface area (Å²) >= 11 is 0. The van der Waals surface area contributed by atoms with Crippen molar-refractivity contribution in [2.75, 3.05) is 25.1 Å². The van der Waals surface area contributed by atoms with E-state index in [2.05, 4.69) is 16.1 Å². The summed E-state index contributed by atoms with van der Waals surface area (Å²) in [6, 6.07) is 4.48. The summed E-state index contributed by atoms with van der Waals surface area (Å²) < 4.78 is 7.32. The van der Waals surface area contributed by atoms with Crippen molar-refractivity contribution in [3.63, 3.8) is 0 Å². The van der Waals surface area contributed by atoms with Crippen LogP contribution in [0.25, 0.3) is 0 Å². The number of nitrogens with zero attached hydrogens (tertiary/aromatic N) is 5. The van der Waals surface area contributed by atoms with Crippen LogP contribution in [0.5, 0.6) is 0 Å². The molecule has 0 radical (unpaired) electrons. The molecule has 1 saturated carbocycles. The van der Waals surface area contributed by atoms with Gasteiger partial charge in [0, 0.05) is 62.9 Å². The molecule has 0 atom stereocenters. The Morgan fingerprint density at radius 1 is 1.23 bits per heavy atom. The maximum absolute atomic E-state index is 5.97. The third-order valence-corrected chi connectivity index (χ3v) is 5.59. The Morgan fingerprint density at radius 2 is 2.04 bits per heavy atom. The molecule has 2 aliphatic rings. The monoisotopic (exact) mass is 356 g/mol. The Balaban J connectivity index is 1.43. The number of methoxy groups -OCH3 is 1. The standard InChI is InChI=1S/C19H28N6O/c1-26-13-18-22-17(15-9-16(20)10-15)11-19(23-18)24-7-3-14(4-8-24)12-25-6-2-5-21-25/h2,5-6,11,14-16H,3-4,7-10,12-13,20H2,1H3. The van der Waals surface area contributed by atoms with Crippen LogP contribution in [0, 0.1) is 5.92 Å². The summed E-state index contributed by atoms with van der Waals surface area (Å²) in [5.74, 6) is 2.97. The molecule has 2 N–H and O–H groups in total. The second-order valence-electron chi connectivity index (χ2n) is 7.59. The van der Waals surface area contributed by atoms with Crippen LogP contribution in [0.4, 0.5) is 5.82 Å². The molecule has 26 heavy (non-hydrogen) atoms. The first kappa shape index (κ1) is 17.4. The molecule has 1 aliphatic heterocycles. The third-order valence-electron chi connectivity index (χ3n) is 5.59. The van der Waals surface area contributed by atoms with Gasteiger partial charge in [-0.1, -0.05) is 0 Å². The lowest BCUT2D eigenvalue weighted by Crippen LogP contribution is -2.37. The Morgan fingerprint density at radius 3 is 2.69 bits per heavy atom. The second kappa shape index (κ2) is 7.72. The highest BCUT2D eigenvalue weighted by Gasteiger charge is 2.30. The molecule has 3 heterocycles. The van der Waals surface area contributed by atoms with Gasteiger partial charge in [0.15, 0.2) is 5.82 Å². The zero-order chi connectivity index (χ0) is 17.9. The lowest BCUT2D eigenvalue weighted by molar-refractivity contribution is 0.177. The second-order valence-corrected chi connectivity index (χ2v) is 7.59. The predicted molar refractivity (Wildman–Crippen MR) is 99.9 cm³/mol. The Bertz CT molecular complexity index is 705. The van der Waals surface area contributed by atoms with Gasteiger partial charge in [-0.05, 0) is 37.7 Å². The largest absolute Gasteiger partial charge is 0.377 e. The van der Waals surface area contributed by atoms with Crippen LogP contribution in [0.3, 0.4) is 0 Å². The van der Waals surface area contributed by atoms with E-state index in [1.54, 1.807) is 7.11 Å². The SMILES string of the molecule is COCc1nc(C2CC(N)C2)cc(N2CCC(Cn3cccn3)CC2)n1. The molecule has 0 aromatic carbocycles. The van der Waals surface area contributed by atoms with Crippen molar-refractivity contribution in [2.45, 2.75) is 50.8 Å². The average Bonchev–Trinajstić information content (AvgIpc) is 3.13. The van der Waals surface area contributed by atoms with Gasteiger partial charge in [-0.3, -0.25) is 4.68 Å². The van der Waals surface area contributed by atoms with E-state index in [1.165, 1.54) is 0 Å². The number of piperidine rings is 1. The van der Waals surface area contributed by atoms with Gasteiger partial charge in [-0.2, -0.15) is 5.10 Å². The van der Waals surface area contributed by atoms with Gasteiger partial charge in [0.1, 0.15) is 12.4 Å². The molecule has 4 rings (SSSR count). The highest BCUT2D eigenvalue weighted by molar-refractivity contribution is 5.41. The van der Waals surface area contributed by atoms with E-state index in [0.29, 0.717) is 24.5 Å². The van der Waals surface area contributed by atoms with Crippen LogP contribution in [0.1, 0.15) is 43.1 Å². The topological polar surface area (TPSA) is 82.1 Å². The lowest BCUT2D eigenvalue weighted by atomic mass is 9.78. The molecule has 0 unspecified atom stereocenters. The lowest BCUT2D eigenvalue weighted by Gasteiger charge is -2.35. The minimum absolute atomic E-state index is 0.322. The fourth-order valence-corrected chi connectivity index (χ4v) is 3.99. The molecule has 1 saturated heterocycles. The molecule has 0 amide bonds. The van der Waals surface area contributed by atoms with E-state index in [-0.39, 0.29) is 0 Å². The van der Waals surface area contributed by atoms with Crippen LogP contribution < -0.4 is 10.6 Å². The molecule has 2 fully saturated rings. The van der Waals surface area contributed by atoms with Gasteiger partial charge in [-0.25, -0.2) is 9.97 Å². The number of hydrogen-bond acceptors (Lipinski definition) is 6. The van der Waals surface area contributed by atoms with Crippen molar-refractivity contribution in [1.82, 2.24) is 19.7 Å². The number of hydrogen-bond donors (Lipinski definition) is 1. The van der Waals surface area contributed by atoms with E-state index >= 15 is 0 Å². The molecule has 140 valence electrons. The van der Waals surface area contributed by atoms with E-state index in [4.69, 9.17) is 20.4 Å². The molecule has 7 heteroatoms. The van der Waals surface area contributed by atoms with Gasteiger partial charge < -0.3 is 15.4 Å². The minimum atomic E-state index is 0.322. The quantitative estimate of drug-likeness (QED) is 0.852. The van der Waals surface area contributed by atoms with Crippen molar-refractivity contribution >= 4 is 5.82 Å². The molecule has 0 bridgehead atoms. The van der Waals surface area contributed by atoms with Gasteiger partial charge in [0.05, 0.1) is 0 Å². The predicted octanol–water partition coefficient (Wildman–Crippen LogP) is 1.94. The number of rotatable bonds is 6. The first-order valence-electron chi connectivity index (χ1n) is 9.56. The van der Waals surface area contributed by atoms with Crippen LogP contribution in [0.2, 0.25) is 0 Å². The summed E-state index contributed by atoms with van der Waals surface area (Å²) in [5.41, 5.74) is 7.10. The smallest absolute Gasteiger partial charge is 0.156 e. The van der Waals surface area contributed by atoms with E-state index < -0.39 is 0 Å². The molecular formula is C19H28N6O. The zero-order valence-electron chi connectivity index (χ0n) is 15.4. The van der Waals surface area contributed by atoms with E-state index in [0.717, 1.165) is 62.7 Å². The van der Waals surface area contributed by atoms with Crippen molar-refractivity contribution < 1.29 is 4.74 Å². The van der Waals surface area contributed by atoms with Crippen molar-refractivity contribution in [1.29, 1.82) is 0 Å². The van der Waals surface area contributed by atoms with Gasteiger partial charge in [0.25, 0.3) is 0 Å². The highest BCUT2D eigenvalue weighted by atomic mass is 16.5. The maximum Gasteiger partial charge on any atom is 0.156 e. The zero-order valence-corrected chi connectivity index (χ0v) is 15.4. The fourth-order valence-electron chi connectivity index (χ4n) is 3.99. The molecule has 7 nitrogen and oxygen atoms in total. The Labute approximate surface area is 154 Å². The van der Waals surface area contributed by atoms with Crippen LogP contribution in [0.15, 0.2) is 24.5 Å². The van der Waals surface area contributed by atoms with E-state index in [9.17, 15) is 0 Å². The number of ether oxygens (including phenoxy) is 1. The van der Waals surface area contributed by atoms with Crippen molar-refractivity contribution in [2.24, 2.45) is 11.7 Å². The summed E-state index contributed by atoms with van der Waals surface area (Å²) in [5, 5.41) is 4.33. The normalized spacial score (nSPS) is 23.8. The summed E-state index contributed by atoms with van der Waals surface area (Å²) in [6.45, 7) is 3.51. The van der Waals surface area contributed by atoms with Crippen LogP contribution in [-0.2, 0) is 17.9 Å². The number of anilines is 1. The molecular weight excluding hydrogens is 328 g/mol. The molecule has 0 spiro atoms. The first-order chi connectivity index (χ1) is 12.7. The minimum Gasteiger partial charge on any atom is -0.377 e. The van der Waals surface area contributed by atoms with Crippen molar-refractivity contribution in [3.8, 4) is 0 Å². The Hall–Kier alpha value is -1.99. The maximum atomic E-state index is 5.97. The molecule has 2 aromatic rings. The van der Waals surface area contributed by atoms with Gasteiger partial charge in [-0.15, -0.1) is 0 Å². The van der Waals surface area contributed by atoms with Gasteiger partial charge >= 0.3 is 0 Å². The molecule has 1 aliphatic carbocycles. The first-order valence-corrected chi connectivity index (χ1v) is 9.56. The Kier molecular flexibility index (Phi) is 5.17.